The predicted molar refractivity (Wildman–Crippen MR) is 74.6 cm³/mol. The van der Waals surface area contributed by atoms with Gasteiger partial charge in [0.25, 0.3) is 5.91 Å². The quantitative estimate of drug-likeness (QED) is 0.777. The Morgan fingerprint density at radius 2 is 2.16 bits per heavy atom. The lowest BCUT2D eigenvalue weighted by Crippen LogP contribution is -2.29. The van der Waals surface area contributed by atoms with Crippen LogP contribution in [-0.2, 0) is 4.74 Å². The monoisotopic (exact) mass is 284 g/mol. The molecule has 1 aliphatic rings. The number of nitrogens with zero attached hydrogens (tertiary/aromatic N) is 2. The summed E-state index contributed by atoms with van der Waals surface area (Å²) in [5.74, 6) is -0.189. The van der Waals surface area contributed by atoms with E-state index in [-0.39, 0.29) is 5.91 Å². The molecule has 0 radical (unpaired) electrons. The second-order valence-electron chi connectivity index (χ2n) is 4.55. The van der Waals surface area contributed by atoms with Gasteiger partial charge in [0, 0.05) is 13.6 Å². The molecule has 1 aromatic heterocycles. The lowest BCUT2D eigenvalue weighted by Gasteiger charge is -2.21. The first-order valence-electron chi connectivity index (χ1n) is 6.70. The Bertz CT molecular complexity index is 404. The Hall–Kier alpha value is -1.21. The molecule has 0 atom stereocenters. The Labute approximate surface area is 116 Å². The van der Waals surface area contributed by atoms with Crippen molar-refractivity contribution in [1.82, 2.24) is 15.5 Å². The van der Waals surface area contributed by atoms with E-state index in [1.54, 1.807) is 7.05 Å². The SMILES string of the molecule is CNc1nnc(C(=O)NCCOC2CCCCC2)s1. The highest BCUT2D eigenvalue weighted by Gasteiger charge is 2.14. The number of aromatic nitrogens is 2. The number of nitrogens with one attached hydrogen (secondary N) is 2. The van der Waals surface area contributed by atoms with Gasteiger partial charge in [-0.25, -0.2) is 0 Å². The number of hydrogen-bond acceptors (Lipinski definition) is 6. The van der Waals surface area contributed by atoms with Crippen LogP contribution in [0.4, 0.5) is 5.13 Å². The topological polar surface area (TPSA) is 76.1 Å². The summed E-state index contributed by atoms with van der Waals surface area (Å²) in [5.41, 5.74) is 0. The first-order valence-corrected chi connectivity index (χ1v) is 7.52. The van der Waals surface area contributed by atoms with Crippen molar-refractivity contribution in [3.63, 3.8) is 0 Å². The molecule has 2 rings (SSSR count). The normalized spacial score (nSPS) is 16.3. The number of amides is 1. The number of rotatable bonds is 6. The fourth-order valence-electron chi connectivity index (χ4n) is 2.11. The van der Waals surface area contributed by atoms with Crippen LogP contribution in [0.2, 0.25) is 0 Å². The van der Waals surface area contributed by atoms with Crippen molar-refractivity contribution < 1.29 is 9.53 Å². The molecule has 0 unspecified atom stereocenters. The number of carbonyl (C=O) groups excluding carboxylic acids is 1. The summed E-state index contributed by atoms with van der Waals surface area (Å²) >= 11 is 1.24. The molecule has 7 heteroatoms. The highest BCUT2D eigenvalue weighted by Crippen LogP contribution is 2.19. The van der Waals surface area contributed by atoms with Crippen LogP contribution < -0.4 is 10.6 Å². The van der Waals surface area contributed by atoms with E-state index in [0.29, 0.717) is 29.4 Å². The smallest absolute Gasteiger partial charge is 0.282 e. The van der Waals surface area contributed by atoms with Crippen molar-refractivity contribution in [1.29, 1.82) is 0 Å². The van der Waals surface area contributed by atoms with E-state index < -0.39 is 0 Å². The summed E-state index contributed by atoms with van der Waals surface area (Å²) in [5, 5.41) is 14.3. The van der Waals surface area contributed by atoms with Gasteiger partial charge in [-0.2, -0.15) is 0 Å². The summed E-state index contributed by atoms with van der Waals surface area (Å²) in [7, 11) is 1.75. The van der Waals surface area contributed by atoms with Crippen LogP contribution in [0.3, 0.4) is 0 Å². The molecule has 1 amide bonds. The average molecular weight is 284 g/mol. The molecular formula is C12H20N4O2S. The summed E-state index contributed by atoms with van der Waals surface area (Å²) in [6.07, 6.45) is 6.51. The molecule has 2 N–H and O–H groups in total. The Balaban J connectivity index is 1.63. The van der Waals surface area contributed by atoms with Crippen LogP contribution in [0.5, 0.6) is 0 Å². The van der Waals surface area contributed by atoms with Crippen molar-refractivity contribution >= 4 is 22.4 Å². The van der Waals surface area contributed by atoms with Gasteiger partial charge < -0.3 is 15.4 Å². The minimum absolute atomic E-state index is 0.189. The van der Waals surface area contributed by atoms with Gasteiger partial charge in [-0.15, -0.1) is 10.2 Å². The molecule has 0 saturated heterocycles. The standard InChI is InChI=1S/C12H20N4O2S/c1-13-12-16-15-11(19-12)10(17)14-7-8-18-9-5-3-2-4-6-9/h9H,2-8H2,1H3,(H,13,16)(H,14,17). The maximum absolute atomic E-state index is 11.7. The number of carbonyl (C=O) groups is 1. The first kappa shape index (κ1) is 14.2. The van der Waals surface area contributed by atoms with Gasteiger partial charge in [0.15, 0.2) is 0 Å². The molecule has 106 valence electrons. The summed E-state index contributed by atoms with van der Waals surface area (Å²) in [4.78, 5) is 11.7. The van der Waals surface area contributed by atoms with E-state index in [9.17, 15) is 4.79 Å². The van der Waals surface area contributed by atoms with Gasteiger partial charge in [-0.1, -0.05) is 30.6 Å². The van der Waals surface area contributed by atoms with E-state index in [2.05, 4.69) is 20.8 Å². The zero-order valence-electron chi connectivity index (χ0n) is 11.1. The fourth-order valence-corrected chi connectivity index (χ4v) is 2.73. The fraction of sp³-hybridized carbons (Fsp3) is 0.750. The lowest BCUT2D eigenvalue weighted by atomic mass is 9.98. The van der Waals surface area contributed by atoms with E-state index in [1.165, 1.54) is 30.6 Å². The molecule has 1 saturated carbocycles. The van der Waals surface area contributed by atoms with Crippen molar-refractivity contribution in [3.8, 4) is 0 Å². The third-order valence-corrected chi connectivity index (χ3v) is 4.07. The minimum Gasteiger partial charge on any atom is -0.376 e. The van der Waals surface area contributed by atoms with Gasteiger partial charge >= 0.3 is 0 Å². The van der Waals surface area contributed by atoms with Crippen molar-refractivity contribution in [2.24, 2.45) is 0 Å². The van der Waals surface area contributed by atoms with Crippen molar-refractivity contribution in [2.75, 3.05) is 25.5 Å². The molecule has 0 aromatic carbocycles. The van der Waals surface area contributed by atoms with Crippen molar-refractivity contribution in [3.05, 3.63) is 5.01 Å². The van der Waals surface area contributed by atoms with Crippen LogP contribution in [0.1, 0.15) is 41.9 Å². The average Bonchev–Trinajstić information content (AvgIpc) is 2.93. The molecule has 1 aromatic rings. The summed E-state index contributed by atoms with van der Waals surface area (Å²) < 4.78 is 5.74. The summed E-state index contributed by atoms with van der Waals surface area (Å²) in [6.45, 7) is 1.08. The molecule has 1 heterocycles. The third kappa shape index (κ3) is 4.43. The molecular weight excluding hydrogens is 264 g/mol. The maximum Gasteiger partial charge on any atom is 0.282 e. The largest absolute Gasteiger partial charge is 0.376 e. The zero-order chi connectivity index (χ0) is 13.5. The number of hydrogen-bond donors (Lipinski definition) is 2. The van der Waals surface area contributed by atoms with E-state index in [0.717, 1.165) is 12.8 Å². The van der Waals surface area contributed by atoms with E-state index in [1.807, 2.05) is 0 Å². The van der Waals surface area contributed by atoms with Gasteiger partial charge in [0.1, 0.15) is 0 Å². The van der Waals surface area contributed by atoms with Crippen LogP contribution in [0, 0.1) is 0 Å². The Morgan fingerprint density at radius 1 is 1.37 bits per heavy atom. The third-order valence-electron chi connectivity index (χ3n) is 3.13. The molecule has 0 aliphatic heterocycles. The van der Waals surface area contributed by atoms with Gasteiger partial charge in [-0.3, -0.25) is 4.79 Å². The zero-order valence-corrected chi connectivity index (χ0v) is 12.0. The highest BCUT2D eigenvalue weighted by molar-refractivity contribution is 7.17. The molecule has 0 bridgehead atoms. The molecule has 19 heavy (non-hydrogen) atoms. The Kier molecular flexibility index (Phi) is 5.53. The minimum atomic E-state index is -0.189. The maximum atomic E-state index is 11.7. The molecule has 0 spiro atoms. The van der Waals surface area contributed by atoms with Gasteiger partial charge in [-0.05, 0) is 12.8 Å². The molecule has 6 nitrogen and oxygen atoms in total. The first-order chi connectivity index (χ1) is 9.29. The second kappa shape index (κ2) is 7.40. The van der Waals surface area contributed by atoms with Crippen LogP contribution >= 0.6 is 11.3 Å². The lowest BCUT2D eigenvalue weighted by molar-refractivity contribution is 0.0299. The molecule has 1 aliphatic carbocycles. The number of anilines is 1. The highest BCUT2D eigenvalue weighted by atomic mass is 32.1. The van der Waals surface area contributed by atoms with Crippen LogP contribution in [0.15, 0.2) is 0 Å². The van der Waals surface area contributed by atoms with Gasteiger partial charge in [0.05, 0.1) is 12.7 Å². The summed E-state index contributed by atoms with van der Waals surface area (Å²) in [6, 6.07) is 0. The van der Waals surface area contributed by atoms with Crippen LogP contribution in [-0.4, -0.2) is 42.4 Å². The predicted octanol–water partition coefficient (Wildman–Crippen LogP) is 1.66. The Morgan fingerprint density at radius 3 is 2.84 bits per heavy atom. The van der Waals surface area contributed by atoms with Gasteiger partial charge in [0.2, 0.25) is 10.1 Å². The molecule has 1 fully saturated rings. The van der Waals surface area contributed by atoms with Crippen molar-refractivity contribution in [2.45, 2.75) is 38.2 Å². The number of ether oxygens (including phenoxy) is 1. The van der Waals surface area contributed by atoms with E-state index in [4.69, 9.17) is 4.74 Å². The second-order valence-corrected chi connectivity index (χ2v) is 5.53. The van der Waals surface area contributed by atoms with Crippen LogP contribution in [0.25, 0.3) is 0 Å². The van der Waals surface area contributed by atoms with E-state index >= 15 is 0 Å².